The molecule has 1 aromatic carbocycles. The fraction of sp³-hybridized carbons (Fsp3) is 0.250. The van der Waals surface area contributed by atoms with Gasteiger partial charge in [-0.05, 0) is 36.8 Å². The molecule has 4 N–H and O–H groups in total. The van der Waals surface area contributed by atoms with Crippen LogP contribution in [0, 0.1) is 0 Å². The van der Waals surface area contributed by atoms with Gasteiger partial charge in [0.2, 0.25) is 5.91 Å². The number of rotatable bonds is 6. The van der Waals surface area contributed by atoms with E-state index in [2.05, 4.69) is 10.6 Å². The third-order valence-electron chi connectivity index (χ3n) is 3.17. The van der Waals surface area contributed by atoms with Gasteiger partial charge in [-0.1, -0.05) is 24.9 Å². The maximum absolute atomic E-state index is 11.9. The number of nitrogens with two attached hydrogens (primary N) is 1. The smallest absolute Gasteiger partial charge is 0.291 e. The number of anilines is 2. The zero-order valence-electron chi connectivity index (χ0n) is 13.0. The Morgan fingerprint density at radius 2 is 2.04 bits per heavy atom. The Bertz CT molecular complexity index is 690. The van der Waals surface area contributed by atoms with Crippen LogP contribution in [0.4, 0.5) is 11.4 Å². The predicted molar refractivity (Wildman–Crippen MR) is 96.9 cm³/mol. The van der Waals surface area contributed by atoms with E-state index >= 15 is 0 Å². The van der Waals surface area contributed by atoms with Gasteiger partial charge >= 0.3 is 0 Å². The molecule has 0 spiro atoms. The van der Waals surface area contributed by atoms with Crippen LogP contribution in [-0.2, 0) is 4.79 Å². The van der Waals surface area contributed by atoms with Crippen molar-refractivity contribution in [2.24, 2.45) is 5.73 Å². The standard InChI is InChI=1S/C16H18ClN3O3.ClH/c1-2-4-12(18)15(21)19-10-6-7-13(11(17)9-10)20-16(22)14-5-3-8-23-14;/h3,5-9,12H,2,4,18H2,1H3,(H,19,21)(H,20,22);1H. The molecular formula is C16H19Cl2N3O3. The molecule has 1 unspecified atom stereocenters. The molecule has 1 atom stereocenters. The zero-order chi connectivity index (χ0) is 16.8. The molecule has 0 saturated carbocycles. The van der Waals surface area contributed by atoms with Gasteiger partial charge in [-0.25, -0.2) is 0 Å². The normalized spacial score (nSPS) is 11.3. The van der Waals surface area contributed by atoms with Crippen LogP contribution >= 0.6 is 24.0 Å². The fourth-order valence-corrected chi connectivity index (χ4v) is 2.19. The first-order valence-electron chi connectivity index (χ1n) is 7.22. The molecule has 0 aliphatic heterocycles. The number of hydrogen-bond acceptors (Lipinski definition) is 4. The van der Waals surface area contributed by atoms with Gasteiger partial charge in [0.25, 0.3) is 5.91 Å². The predicted octanol–water partition coefficient (Wildman–Crippen LogP) is 3.67. The lowest BCUT2D eigenvalue weighted by Crippen LogP contribution is -2.35. The third kappa shape index (κ3) is 5.26. The topological polar surface area (TPSA) is 97.4 Å². The van der Waals surface area contributed by atoms with Crippen molar-refractivity contribution in [2.75, 3.05) is 10.6 Å². The van der Waals surface area contributed by atoms with E-state index in [1.807, 2.05) is 6.92 Å². The molecule has 24 heavy (non-hydrogen) atoms. The monoisotopic (exact) mass is 371 g/mol. The lowest BCUT2D eigenvalue weighted by Gasteiger charge is -2.12. The van der Waals surface area contributed by atoms with Crippen LogP contribution in [0.3, 0.4) is 0 Å². The van der Waals surface area contributed by atoms with Gasteiger partial charge in [0.1, 0.15) is 0 Å². The molecule has 0 saturated heterocycles. The molecule has 130 valence electrons. The maximum atomic E-state index is 11.9. The van der Waals surface area contributed by atoms with Crippen LogP contribution in [0.15, 0.2) is 41.0 Å². The minimum atomic E-state index is -0.558. The van der Waals surface area contributed by atoms with Crippen molar-refractivity contribution < 1.29 is 14.0 Å². The highest BCUT2D eigenvalue weighted by molar-refractivity contribution is 6.34. The number of furan rings is 1. The fourth-order valence-electron chi connectivity index (χ4n) is 1.96. The van der Waals surface area contributed by atoms with Crippen molar-refractivity contribution in [1.82, 2.24) is 0 Å². The number of nitrogens with one attached hydrogen (secondary N) is 2. The Hall–Kier alpha value is -2.02. The van der Waals surface area contributed by atoms with E-state index in [1.54, 1.807) is 30.3 Å². The average molecular weight is 372 g/mol. The molecule has 2 aromatic rings. The Morgan fingerprint density at radius 1 is 1.29 bits per heavy atom. The van der Waals surface area contributed by atoms with Crippen LogP contribution in [0.1, 0.15) is 30.3 Å². The summed E-state index contributed by atoms with van der Waals surface area (Å²) in [6.45, 7) is 1.96. The van der Waals surface area contributed by atoms with Crippen LogP contribution in [0.25, 0.3) is 0 Å². The van der Waals surface area contributed by atoms with Crippen molar-refractivity contribution in [3.63, 3.8) is 0 Å². The van der Waals surface area contributed by atoms with Crippen molar-refractivity contribution >= 4 is 47.2 Å². The molecule has 0 radical (unpaired) electrons. The summed E-state index contributed by atoms with van der Waals surface area (Å²) < 4.78 is 5.01. The van der Waals surface area contributed by atoms with E-state index in [1.165, 1.54) is 6.26 Å². The van der Waals surface area contributed by atoms with Gasteiger partial charge in [-0.3, -0.25) is 9.59 Å². The highest BCUT2D eigenvalue weighted by atomic mass is 35.5. The Morgan fingerprint density at radius 3 is 2.62 bits per heavy atom. The minimum Gasteiger partial charge on any atom is -0.459 e. The molecule has 0 aliphatic rings. The Labute approximate surface area is 151 Å². The Kier molecular flexibility index (Phi) is 7.78. The number of carbonyl (C=O) groups excluding carboxylic acids is 2. The van der Waals surface area contributed by atoms with Crippen LogP contribution < -0.4 is 16.4 Å². The zero-order valence-corrected chi connectivity index (χ0v) is 14.6. The largest absolute Gasteiger partial charge is 0.459 e. The third-order valence-corrected chi connectivity index (χ3v) is 3.48. The van der Waals surface area contributed by atoms with Crippen molar-refractivity contribution in [1.29, 1.82) is 0 Å². The quantitative estimate of drug-likeness (QED) is 0.721. The first-order valence-corrected chi connectivity index (χ1v) is 7.60. The molecule has 0 bridgehead atoms. The van der Waals surface area contributed by atoms with E-state index in [0.717, 1.165) is 6.42 Å². The summed E-state index contributed by atoms with van der Waals surface area (Å²) in [6.07, 6.45) is 2.85. The van der Waals surface area contributed by atoms with E-state index in [0.29, 0.717) is 22.8 Å². The van der Waals surface area contributed by atoms with Gasteiger partial charge in [0.15, 0.2) is 5.76 Å². The highest BCUT2D eigenvalue weighted by Gasteiger charge is 2.14. The molecule has 8 heteroatoms. The van der Waals surface area contributed by atoms with Crippen molar-refractivity contribution in [3.05, 3.63) is 47.4 Å². The molecule has 6 nitrogen and oxygen atoms in total. The van der Waals surface area contributed by atoms with Gasteiger partial charge in [0, 0.05) is 5.69 Å². The van der Waals surface area contributed by atoms with E-state index in [9.17, 15) is 9.59 Å². The van der Waals surface area contributed by atoms with Crippen LogP contribution in [-0.4, -0.2) is 17.9 Å². The number of benzene rings is 1. The lowest BCUT2D eigenvalue weighted by molar-refractivity contribution is -0.117. The summed E-state index contributed by atoms with van der Waals surface area (Å²) >= 11 is 6.13. The summed E-state index contributed by atoms with van der Waals surface area (Å²) in [7, 11) is 0. The summed E-state index contributed by atoms with van der Waals surface area (Å²) in [4.78, 5) is 23.8. The Balaban J connectivity index is 0.00000288. The van der Waals surface area contributed by atoms with Gasteiger partial charge in [-0.2, -0.15) is 0 Å². The second-order valence-electron chi connectivity index (χ2n) is 5.01. The minimum absolute atomic E-state index is 0. The maximum Gasteiger partial charge on any atom is 0.291 e. The second-order valence-corrected chi connectivity index (χ2v) is 5.42. The average Bonchev–Trinajstić information content (AvgIpc) is 3.04. The van der Waals surface area contributed by atoms with Crippen LogP contribution in [0.5, 0.6) is 0 Å². The molecule has 2 amide bonds. The summed E-state index contributed by atoms with van der Waals surface area (Å²) in [5, 5.41) is 5.63. The summed E-state index contributed by atoms with van der Waals surface area (Å²) in [6, 6.07) is 7.40. The number of hydrogen-bond donors (Lipinski definition) is 3. The molecule has 0 aliphatic carbocycles. The molecule has 2 rings (SSSR count). The van der Waals surface area contributed by atoms with E-state index in [-0.39, 0.29) is 24.1 Å². The van der Waals surface area contributed by atoms with Gasteiger partial charge < -0.3 is 20.8 Å². The summed E-state index contributed by atoms with van der Waals surface area (Å²) in [5.41, 5.74) is 6.69. The molecular weight excluding hydrogens is 353 g/mol. The van der Waals surface area contributed by atoms with Crippen molar-refractivity contribution in [3.8, 4) is 0 Å². The van der Waals surface area contributed by atoms with E-state index in [4.69, 9.17) is 21.8 Å². The first kappa shape index (κ1) is 20.0. The molecule has 1 aromatic heterocycles. The van der Waals surface area contributed by atoms with Gasteiger partial charge in [0.05, 0.1) is 23.0 Å². The van der Waals surface area contributed by atoms with Crippen LogP contribution in [0.2, 0.25) is 5.02 Å². The number of halogens is 2. The number of carbonyl (C=O) groups is 2. The molecule has 1 heterocycles. The second kappa shape index (κ2) is 9.32. The summed E-state index contributed by atoms with van der Waals surface area (Å²) in [5.74, 6) is -0.488. The van der Waals surface area contributed by atoms with E-state index < -0.39 is 11.9 Å². The molecule has 0 fully saturated rings. The highest BCUT2D eigenvalue weighted by Crippen LogP contribution is 2.26. The first-order chi connectivity index (χ1) is 11.0. The van der Waals surface area contributed by atoms with Gasteiger partial charge in [-0.15, -0.1) is 12.4 Å². The lowest BCUT2D eigenvalue weighted by atomic mass is 10.1. The SMILES string of the molecule is CCCC(N)C(=O)Nc1ccc(NC(=O)c2ccco2)c(Cl)c1.Cl. The van der Waals surface area contributed by atoms with Crippen molar-refractivity contribution in [2.45, 2.75) is 25.8 Å². The number of amides is 2.